The summed E-state index contributed by atoms with van der Waals surface area (Å²) >= 11 is 0. The SMILES string of the molecule is CCCCCCCCCCN(CCCCCCCCCC)CC(=O)OCC(C)C. The van der Waals surface area contributed by atoms with Crippen LogP contribution in [0.5, 0.6) is 0 Å². The number of hydrogen-bond acceptors (Lipinski definition) is 3. The Kier molecular flexibility index (Phi) is 21.7. The van der Waals surface area contributed by atoms with Crippen molar-refractivity contribution in [2.24, 2.45) is 5.92 Å². The van der Waals surface area contributed by atoms with Crippen LogP contribution in [0.2, 0.25) is 0 Å². The maximum absolute atomic E-state index is 12.2. The highest BCUT2D eigenvalue weighted by Gasteiger charge is 2.12. The molecule has 29 heavy (non-hydrogen) atoms. The molecule has 0 heterocycles. The van der Waals surface area contributed by atoms with E-state index in [-0.39, 0.29) is 5.97 Å². The maximum atomic E-state index is 12.2. The van der Waals surface area contributed by atoms with Gasteiger partial charge in [0.15, 0.2) is 0 Å². The summed E-state index contributed by atoms with van der Waals surface area (Å²) in [6.07, 6.45) is 21.4. The van der Waals surface area contributed by atoms with Gasteiger partial charge in [0.2, 0.25) is 0 Å². The van der Waals surface area contributed by atoms with Gasteiger partial charge in [-0.1, -0.05) is 118 Å². The fraction of sp³-hybridized carbons (Fsp3) is 0.962. The molecule has 0 aromatic carbocycles. The van der Waals surface area contributed by atoms with Crippen molar-refractivity contribution in [2.45, 2.75) is 130 Å². The van der Waals surface area contributed by atoms with Crippen molar-refractivity contribution in [2.75, 3.05) is 26.2 Å². The van der Waals surface area contributed by atoms with Crippen LogP contribution in [-0.4, -0.2) is 37.1 Å². The van der Waals surface area contributed by atoms with Gasteiger partial charge in [-0.15, -0.1) is 0 Å². The number of ether oxygens (including phenoxy) is 1. The van der Waals surface area contributed by atoms with Gasteiger partial charge in [0.05, 0.1) is 13.2 Å². The van der Waals surface area contributed by atoms with Crippen molar-refractivity contribution in [3.8, 4) is 0 Å². The molecule has 0 aromatic rings. The smallest absolute Gasteiger partial charge is 0.320 e. The summed E-state index contributed by atoms with van der Waals surface area (Å²) < 4.78 is 5.42. The van der Waals surface area contributed by atoms with Crippen molar-refractivity contribution in [1.29, 1.82) is 0 Å². The van der Waals surface area contributed by atoms with Crippen molar-refractivity contribution in [3.05, 3.63) is 0 Å². The van der Waals surface area contributed by atoms with Crippen molar-refractivity contribution in [1.82, 2.24) is 4.90 Å². The average molecular weight is 412 g/mol. The first kappa shape index (κ1) is 28.4. The molecule has 3 heteroatoms. The van der Waals surface area contributed by atoms with E-state index in [1.165, 1.54) is 103 Å². The van der Waals surface area contributed by atoms with Gasteiger partial charge < -0.3 is 4.74 Å². The van der Waals surface area contributed by atoms with Gasteiger partial charge in [-0.05, 0) is 31.8 Å². The number of hydrogen-bond donors (Lipinski definition) is 0. The Hall–Kier alpha value is -0.570. The minimum Gasteiger partial charge on any atom is -0.464 e. The third kappa shape index (κ3) is 21.9. The zero-order chi connectivity index (χ0) is 21.6. The first-order chi connectivity index (χ1) is 14.1. The van der Waals surface area contributed by atoms with Crippen LogP contribution >= 0.6 is 0 Å². The Morgan fingerprint density at radius 1 is 0.655 bits per heavy atom. The minimum atomic E-state index is -0.0437. The fourth-order valence-corrected chi connectivity index (χ4v) is 3.70. The molecule has 0 radical (unpaired) electrons. The fourth-order valence-electron chi connectivity index (χ4n) is 3.70. The topological polar surface area (TPSA) is 29.5 Å². The van der Waals surface area contributed by atoms with Gasteiger partial charge in [-0.2, -0.15) is 0 Å². The minimum absolute atomic E-state index is 0.0437. The molecule has 0 aliphatic heterocycles. The van der Waals surface area contributed by atoms with Crippen LogP contribution in [0.3, 0.4) is 0 Å². The molecule has 0 rings (SSSR count). The molecule has 0 atom stereocenters. The molecule has 0 N–H and O–H groups in total. The molecule has 0 fully saturated rings. The van der Waals surface area contributed by atoms with Crippen LogP contribution in [0, 0.1) is 5.92 Å². The second kappa shape index (κ2) is 22.1. The molecule has 0 bridgehead atoms. The highest BCUT2D eigenvalue weighted by Crippen LogP contribution is 2.11. The van der Waals surface area contributed by atoms with E-state index in [2.05, 4.69) is 32.6 Å². The van der Waals surface area contributed by atoms with Crippen molar-refractivity contribution in [3.63, 3.8) is 0 Å². The molecule has 3 nitrogen and oxygen atoms in total. The van der Waals surface area contributed by atoms with Crippen LogP contribution in [0.4, 0.5) is 0 Å². The number of carbonyl (C=O) groups excluding carboxylic acids is 1. The van der Waals surface area contributed by atoms with E-state index in [4.69, 9.17) is 4.74 Å². The molecule has 0 aliphatic rings. The lowest BCUT2D eigenvalue weighted by atomic mass is 10.1. The largest absolute Gasteiger partial charge is 0.464 e. The van der Waals surface area contributed by atoms with Crippen LogP contribution in [0.1, 0.15) is 130 Å². The Balaban J connectivity index is 3.98. The molecule has 0 spiro atoms. The molecule has 0 aromatic heterocycles. The summed E-state index contributed by atoms with van der Waals surface area (Å²) in [6, 6.07) is 0. The van der Waals surface area contributed by atoms with Crippen molar-refractivity contribution < 1.29 is 9.53 Å². The van der Waals surface area contributed by atoms with Crippen LogP contribution in [0.15, 0.2) is 0 Å². The summed E-state index contributed by atoms with van der Waals surface area (Å²) in [5, 5.41) is 0. The Morgan fingerprint density at radius 3 is 1.41 bits per heavy atom. The zero-order valence-corrected chi connectivity index (χ0v) is 20.5. The zero-order valence-electron chi connectivity index (χ0n) is 20.5. The van der Waals surface area contributed by atoms with E-state index in [1.807, 2.05) is 0 Å². The van der Waals surface area contributed by atoms with E-state index >= 15 is 0 Å². The number of rotatable bonds is 22. The van der Waals surface area contributed by atoms with Gasteiger partial charge in [0.25, 0.3) is 0 Å². The van der Waals surface area contributed by atoms with Crippen LogP contribution < -0.4 is 0 Å². The van der Waals surface area contributed by atoms with E-state index in [9.17, 15) is 4.79 Å². The Bertz CT molecular complexity index is 324. The lowest BCUT2D eigenvalue weighted by Gasteiger charge is -2.21. The molecule has 174 valence electrons. The molecule has 0 saturated heterocycles. The lowest BCUT2D eigenvalue weighted by molar-refractivity contribution is -0.146. The second-order valence-corrected chi connectivity index (χ2v) is 9.30. The van der Waals surface area contributed by atoms with Gasteiger partial charge in [0, 0.05) is 0 Å². The van der Waals surface area contributed by atoms with Gasteiger partial charge in [0.1, 0.15) is 0 Å². The summed E-state index contributed by atoms with van der Waals surface area (Å²) in [5.41, 5.74) is 0. The highest BCUT2D eigenvalue weighted by atomic mass is 16.5. The summed E-state index contributed by atoms with van der Waals surface area (Å²) in [5.74, 6) is 0.366. The summed E-state index contributed by atoms with van der Waals surface area (Å²) in [4.78, 5) is 14.5. The third-order valence-electron chi connectivity index (χ3n) is 5.59. The van der Waals surface area contributed by atoms with E-state index in [0.717, 1.165) is 13.1 Å². The van der Waals surface area contributed by atoms with Crippen LogP contribution in [-0.2, 0) is 9.53 Å². The highest BCUT2D eigenvalue weighted by molar-refractivity contribution is 5.71. The Morgan fingerprint density at radius 2 is 1.03 bits per heavy atom. The van der Waals surface area contributed by atoms with E-state index < -0.39 is 0 Å². The monoisotopic (exact) mass is 411 g/mol. The first-order valence-electron chi connectivity index (χ1n) is 13.0. The molecule has 0 unspecified atom stereocenters. The number of nitrogens with zero attached hydrogens (tertiary/aromatic N) is 1. The predicted molar refractivity (Wildman–Crippen MR) is 127 cm³/mol. The standard InChI is InChI=1S/C26H53NO2/c1-5-7-9-11-13-15-17-19-21-27(23-26(28)29-24-25(3)4)22-20-18-16-14-12-10-8-6-2/h25H,5-24H2,1-4H3. The first-order valence-corrected chi connectivity index (χ1v) is 13.0. The normalized spacial score (nSPS) is 11.5. The number of carbonyl (C=O) groups is 1. The number of unbranched alkanes of at least 4 members (excludes halogenated alkanes) is 14. The molecular formula is C26H53NO2. The molecule has 0 amide bonds. The second-order valence-electron chi connectivity index (χ2n) is 9.30. The maximum Gasteiger partial charge on any atom is 0.320 e. The van der Waals surface area contributed by atoms with Gasteiger partial charge in [-0.3, -0.25) is 9.69 Å². The Labute approximate surface area is 183 Å². The van der Waals surface area contributed by atoms with E-state index in [1.54, 1.807) is 0 Å². The summed E-state index contributed by atoms with van der Waals surface area (Å²) in [7, 11) is 0. The van der Waals surface area contributed by atoms with E-state index in [0.29, 0.717) is 19.1 Å². The van der Waals surface area contributed by atoms with Gasteiger partial charge in [-0.25, -0.2) is 0 Å². The average Bonchev–Trinajstić information content (AvgIpc) is 2.70. The quantitative estimate of drug-likeness (QED) is 0.135. The number of esters is 1. The third-order valence-corrected chi connectivity index (χ3v) is 5.59. The molecule has 0 aliphatic carbocycles. The summed E-state index contributed by atoms with van der Waals surface area (Å²) in [6.45, 7) is 11.8. The van der Waals surface area contributed by atoms with Gasteiger partial charge >= 0.3 is 5.97 Å². The molecular weight excluding hydrogens is 358 g/mol. The van der Waals surface area contributed by atoms with Crippen LogP contribution in [0.25, 0.3) is 0 Å². The van der Waals surface area contributed by atoms with Crippen molar-refractivity contribution >= 4 is 5.97 Å². The lowest BCUT2D eigenvalue weighted by Crippen LogP contribution is -2.33. The molecule has 0 saturated carbocycles. The predicted octanol–water partition coefficient (Wildman–Crippen LogP) is 7.77.